The standard InChI is InChI=1S/C10H8BrNO2/c1-13-9-5-3-2-4-7(9)8-6-12-14-10(8)11/h2-6H,1H3. The van der Waals surface area contributed by atoms with Crippen molar-refractivity contribution in [3.05, 3.63) is 35.1 Å². The highest BCUT2D eigenvalue weighted by Crippen LogP contribution is 2.34. The van der Waals surface area contributed by atoms with E-state index in [1.165, 1.54) is 0 Å². The fraction of sp³-hybridized carbons (Fsp3) is 0.100. The molecule has 0 fully saturated rings. The van der Waals surface area contributed by atoms with Gasteiger partial charge in [-0.3, -0.25) is 0 Å². The predicted octanol–water partition coefficient (Wildman–Crippen LogP) is 3.11. The highest BCUT2D eigenvalue weighted by molar-refractivity contribution is 9.10. The maximum atomic E-state index is 5.23. The number of para-hydroxylation sites is 1. The first-order valence-corrected chi connectivity index (χ1v) is 4.86. The first-order valence-electron chi connectivity index (χ1n) is 4.06. The summed E-state index contributed by atoms with van der Waals surface area (Å²) in [7, 11) is 1.64. The first-order chi connectivity index (χ1) is 6.83. The molecule has 2 aromatic rings. The number of benzene rings is 1. The van der Waals surface area contributed by atoms with Crippen LogP contribution in [0.3, 0.4) is 0 Å². The number of nitrogens with zero attached hydrogens (tertiary/aromatic N) is 1. The molecule has 0 bridgehead atoms. The van der Waals surface area contributed by atoms with E-state index in [2.05, 4.69) is 21.1 Å². The molecule has 0 unspecified atom stereocenters. The summed E-state index contributed by atoms with van der Waals surface area (Å²) in [6.45, 7) is 0. The molecule has 0 amide bonds. The number of methoxy groups -OCH3 is 1. The van der Waals surface area contributed by atoms with Crippen LogP contribution in [0.4, 0.5) is 0 Å². The molecular formula is C10H8BrNO2. The second-order valence-electron chi connectivity index (χ2n) is 2.71. The average molecular weight is 254 g/mol. The van der Waals surface area contributed by atoms with Gasteiger partial charge in [-0.2, -0.15) is 0 Å². The average Bonchev–Trinajstić information content (AvgIpc) is 2.64. The van der Waals surface area contributed by atoms with Crippen LogP contribution in [-0.2, 0) is 0 Å². The molecule has 1 heterocycles. The summed E-state index contributed by atoms with van der Waals surface area (Å²) in [6, 6.07) is 7.71. The van der Waals surface area contributed by atoms with Crippen molar-refractivity contribution < 1.29 is 9.26 Å². The lowest BCUT2D eigenvalue weighted by Crippen LogP contribution is -1.86. The Morgan fingerprint density at radius 1 is 1.29 bits per heavy atom. The Bertz CT molecular complexity index is 439. The van der Waals surface area contributed by atoms with Crippen LogP contribution >= 0.6 is 15.9 Å². The van der Waals surface area contributed by atoms with E-state index in [9.17, 15) is 0 Å². The van der Waals surface area contributed by atoms with E-state index in [4.69, 9.17) is 9.26 Å². The van der Waals surface area contributed by atoms with Crippen LogP contribution in [0.2, 0.25) is 0 Å². The van der Waals surface area contributed by atoms with Crippen molar-refractivity contribution in [2.75, 3.05) is 7.11 Å². The van der Waals surface area contributed by atoms with Gasteiger partial charge >= 0.3 is 0 Å². The molecule has 0 N–H and O–H groups in total. The number of aromatic nitrogens is 1. The van der Waals surface area contributed by atoms with Crippen molar-refractivity contribution in [3.8, 4) is 16.9 Å². The highest BCUT2D eigenvalue weighted by atomic mass is 79.9. The van der Waals surface area contributed by atoms with Gasteiger partial charge in [0.15, 0.2) is 0 Å². The van der Waals surface area contributed by atoms with Crippen LogP contribution < -0.4 is 4.74 Å². The van der Waals surface area contributed by atoms with Crippen LogP contribution in [0.1, 0.15) is 0 Å². The molecule has 0 radical (unpaired) electrons. The molecule has 0 aliphatic rings. The maximum Gasteiger partial charge on any atom is 0.209 e. The lowest BCUT2D eigenvalue weighted by molar-refractivity contribution is 0.400. The molecule has 0 aliphatic heterocycles. The van der Waals surface area contributed by atoms with Gasteiger partial charge in [-0.1, -0.05) is 23.4 Å². The van der Waals surface area contributed by atoms with Gasteiger partial charge in [0.1, 0.15) is 5.75 Å². The molecule has 2 rings (SSSR count). The fourth-order valence-corrected chi connectivity index (χ4v) is 1.67. The van der Waals surface area contributed by atoms with Gasteiger partial charge < -0.3 is 9.26 Å². The zero-order valence-electron chi connectivity index (χ0n) is 7.53. The van der Waals surface area contributed by atoms with Gasteiger partial charge in [0.05, 0.1) is 18.9 Å². The Kier molecular flexibility index (Phi) is 2.54. The van der Waals surface area contributed by atoms with E-state index in [1.807, 2.05) is 24.3 Å². The number of ether oxygens (including phenoxy) is 1. The van der Waals surface area contributed by atoms with E-state index in [0.29, 0.717) is 4.67 Å². The summed E-state index contributed by atoms with van der Waals surface area (Å²) in [6.07, 6.45) is 1.65. The van der Waals surface area contributed by atoms with Gasteiger partial charge in [0.2, 0.25) is 4.67 Å². The molecule has 4 heteroatoms. The quantitative estimate of drug-likeness (QED) is 0.825. The lowest BCUT2D eigenvalue weighted by Gasteiger charge is -2.05. The zero-order valence-corrected chi connectivity index (χ0v) is 9.11. The van der Waals surface area contributed by atoms with Crippen molar-refractivity contribution in [2.24, 2.45) is 0 Å². The Hall–Kier alpha value is -1.29. The van der Waals surface area contributed by atoms with Gasteiger partial charge in [-0.25, -0.2) is 0 Å². The summed E-state index contributed by atoms with van der Waals surface area (Å²) >= 11 is 3.28. The van der Waals surface area contributed by atoms with Gasteiger partial charge in [0, 0.05) is 5.56 Å². The Balaban J connectivity index is 2.56. The third kappa shape index (κ3) is 1.53. The van der Waals surface area contributed by atoms with Crippen molar-refractivity contribution in [1.82, 2.24) is 5.16 Å². The predicted molar refractivity (Wildman–Crippen MR) is 56.2 cm³/mol. The van der Waals surface area contributed by atoms with Crippen LogP contribution in [0.15, 0.2) is 39.7 Å². The number of halogens is 1. The third-order valence-corrected chi connectivity index (χ3v) is 2.50. The second kappa shape index (κ2) is 3.84. The lowest BCUT2D eigenvalue weighted by atomic mass is 10.1. The van der Waals surface area contributed by atoms with Crippen LogP contribution in [0.25, 0.3) is 11.1 Å². The minimum absolute atomic E-state index is 0.613. The van der Waals surface area contributed by atoms with Crippen molar-refractivity contribution in [1.29, 1.82) is 0 Å². The summed E-state index contributed by atoms with van der Waals surface area (Å²) in [5, 5.41) is 3.70. The van der Waals surface area contributed by atoms with E-state index in [-0.39, 0.29) is 0 Å². The van der Waals surface area contributed by atoms with Crippen LogP contribution in [0, 0.1) is 0 Å². The summed E-state index contributed by atoms with van der Waals surface area (Å²) in [5.41, 5.74) is 1.85. The SMILES string of the molecule is COc1ccccc1-c1cnoc1Br. The summed E-state index contributed by atoms with van der Waals surface area (Å²) in [4.78, 5) is 0. The Morgan fingerprint density at radius 3 is 2.71 bits per heavy atom. The van der Waals surface area contributed by atoms with Gasteiger partial charge in [-0.05, 0) is 22.0 Å². The third-order valence-electron chi connectivity index (χ3n) is 1.92. The fourth-order valence-electron chi connectivity index (χ4n) is 1.27. The molecule has 1 aromatic carbocycles. The number of hydrogen-bond donors (Lipinski definition) is 0. The smallest absolute Gasteiger partial charge is 0.209 e. The number of hydrogen-bond acceptors (Lipinski definition) is 3. The normalized spacial score (nSPS) is 10.1. The minimum Gasteiger partial charge on any atom is -0.496 e. The second-order valence-corrected chi connectivity index (χ2v) is 3.43. The first kappa shape index (κ1) is 9.27. The largest absolute Gasteiger partial charge is 0.496 e. The van der Waals surface area contributed by atoms with Crippen molar-refractivity contribution in [2.45, 2.75) is 0 Å². The monoisotopic (exact) mass is 253 g/mol. The highest BCUT2D eigenvalue weighted by Gasteiger charge is 2.11. The molecule has 3 nitrogen and oxygen atoms in total. The Morgan fingerprint density at radius 2 is 2.07 bits per heavy atom. The molecular weight excluding hydrogens is 246 g/mol. The van der Waals surface area contributed by atoms with Crippen LogP contribution in [-0.4, -0.2) is 12.3 Å². The van der Waals surface area contributed by atoms with Crippen molar-refractivity contribution in [3.63, 3.8) is 0 Å². The number of rotatable bonds is 2. The van der Waals surface area contributed by atoms with E-state index >= 15 is 0 Å². The maximum absolute atomic E-state index is 5.23. The molecule has 0 spiro atoms. The van der Waals surface area contributed by atoms with Crippen LogP contribution in [0.5, 0.6) is 5.75 Å². The summed E-state index contributed by atoms with van der Waals surface area (Å²) < 4.78 is 10.8. The minimum atomic E-state index is 0.613. The summed E-state index contributed by atoms with van der Waals surface area (Å²) in [5.74, 6) is 0.802. The van der Waals surface area contributed by atoms with Gasteiger partial charge in [-0.15, -0.1) is 0 Å². The molecule has 0 atom stereocenters. The zero-order chi connectivity index (χ0) is 9.97. The molecule has 1 aromatic heterocycles. The Labute approximate surface area is 89.8 Å². The molecule has 0 saturated heterocycles. The van der Waals surface area contributed by atoms with E-state index in [1.54, 1.807) is 13.3 Å². The molecule has 0 aliphatic carbocycles. The molecule has 72 valence electrons. The van der Waals surface area contributed by atoms with Gasteiger partial charge in [0.25, 0.3) is 0 Å². The topological polar surface area (TPSA) is 35.3 Å². The van der Waals surface area contributed by atoms with E-state index < -0.39 is 0 Å². The molecule has 0 saturated carbocycles. The van der Waals surface area contributed by atoms with E-state index in [0.717, 1.165) is 16.9 Å². The molecule has 14 heavy (non-hydrogen) atoms. The van der Waals surface area contributed by atoms with Crippen molar-refractivity contribution >= 4 is 15.9 Å².